The largest absolute Gasteiger partial charge is 0.496 e. The molecule has 1 amide bonds. The van der Waals surface area contributed by atoms with E-state index in [1.165, 1.54) is 18.7 Å². The Bertz CT molecular complexity index is 953. The molecule has 2 aliphatic heterocycles. The zero-order valence-corrected chi connectivity index (χ0v) is 17.7. The maximum atomic E-state index is 13.1. The van der Waals surface area contributed by atoms with Crippen LogP contribution < -0.4 is 25.0 Å². The summed E-state index contributed by atoms with van der Waals surface area (Å²) in [5, 5.41) is 7.09. The van der Waals surface area contributed by atoms with E-state index in [9.17, 15) is 18.0 Å². The van der Waals surface area contributed by atoms with Crippen LogP contribution in [0.1, 0.15) is 30.0 Å². The fourth-order valence-corrected chi connectivity index (χ4v) is 4.38. The van der Waals surface area contributed by atoms with Crippen LogP contribution in [-0.2, 0) is 11.3 Å². The number of nitrogens with one attached hydrogen (secondary N) is 2. The number of benzene rings is 2. The van der Waals surface area contributed by atoms with Gasteiger partial charge in [-0.3, -0.25) is 9.69 Å². The Labute approximate surface area is 184 Å². The Morgan fingerprint density at radius 3 is 2.72 bits per heavy atom. The van der Waals surface area contributed by atoms with E-state index in [4.69, 9.17) is 9.47 Å². The molecule has 0 radical (unpaired) electrons. The molecule has 2 aromatic carbocycles. The lowest BCUT2D eigenvalue weighted by Crippen LogP contribution is -2.46. The van der Waals surface area contributed by atoms with E-state index >= 15 is 0 Å². The quantitative estimate of drug-likeness (QED) is 0.706. The maximum Gasteiger partial charge on any atom is 0.406 e. The van der Waals surface area contributed by atoms with E-state index in [1.807, 2.05) is 18.2 Å². The summed E-state index contributed by atoms with van der Waals surface area (Å²) in [6.07, 6.45) is -2.56. The molecule has 1 saturated heterocycles. The standard InChI is InChI=1S/C23H26F3N3O3/c1-31-19-10-9-18-22(32-13-20(30)29(18)14-23(24,25)26)16(19)12-28-17-8-5-11-27-21(17)15-6-3-2-4-7-15/h2-4,6-7,9-10,17,21,27-28H,5,8,11-14H2,1H3/t17-,21-/m0/s1. The number of halogens is 3. The number of rotatable bonds is 6. The van der Waals surface area contributed by atoms with Crippen molar-refractivity contribution >= 4 is 11.6 Å². The minimum absolute atomic E-state index is 0.109. The van der Waals surface area contributed by atoms with Crippen molar-refractivity contribution in [2.45, 2.75) is 37.6 Å². The zero-order chi connectivity index (χ0) is 22.7. The monoisotopic (exact) mass is 449 g/mol. The Morgan fingerprint density at radius 2 is 2.00 bits per heavy atom. The first-order valence-electron chi connectivity index (χ1n) is 10.6. The lowest BCUT2D eigenvalue weighted by Gasteiger charge is -2.35. The van der Waals surface area contributed by atoms with Gasteiger partial charge in [-0.1, -0.05) is 30.3 Å². The van der Waals surface area contributed by atoms with Gasteiger partial charge in [-0.2, -0.15) is 13.2 Å². The van der Waals surface area contributed by atoms with Crippen LogP contribution in [0.4, 0.5) is 18.9 Å². The third-order valence-electron chi connectivity index (χ3n) is 5.84. The third-order valence-corrected chi connectivity index (χ3v) is 5.84. The summed E-state index contributed by atoms with van der Waals surface area (Å²) in [7, 11) is 1.50. The molecule has 0 aliphatic carbocycles. The highest BCUT2D eigenvalue weighted by Crippen LogP contribution is 2.41. The number of methoxy groups -OCH3 is 1. The molecule has 0 saturated carbocycles. The number of alkyl halides is 3. The molecule has 1 fully saturated rings. The molecule has 2 aromatic rings. The van der Waals surface area contributed by atoms with Gasteiger partial charge in [0.1, 0.15) is 12.3 Å². The Morgan fingerprint density at radius 1 is 1.22 bits per heavy atom. The molecule has 9 heteroatoms. The smallest absolute Gasteiger partial charge is 0.406 e. The number of fused-ring (bicyclic) bond motifs is 1. The van der Waals surface area contributed by atoms with Gasteiger partial charge in [0.2, 0.25) is 0 Å². The lowest BCUT2D eigenvalue weighted by atomic mass is 9.92. The predicted octanol–water partition coefficient (Wildman–Crippen LogP) is 3.57. The van der Waals surface area contributed by atoms with E-state index in [1.54, 1.807) is 6.07 Å². The lowest BCUT2D eigenvalue weighted by molar-refractivity contribution is -0.134. The highest BCUT2D eigenvalue weighted by Gasteiger charge is 2.38. The van der Waals surface area contributed by atoms with Crippen LogP contribution >= 0.6 is 0 Å². The topological polar surface area (TPSA) is 62.8 Å². The summed E-state index contributed by atoms with van der Waals surface area (Å²) in [6.45, 7) is -0.555. The van der Waals surface area contributed by atoms with Gasteiger partial charge in [0.15, 0.2) is 12.4 Å². The molecule has 4 rings (SSSR count). The number of anilines is 1. The maximum absolute atomic E-state index is 13.1. The molecule has 6 nitrogen and oxygen atoms in total. The van der Waals surface area contributed by atoms with E-state index in [0.29, 0.717) is 17.9 Å². The van der Waals surface area contributed by atoms with E-state index in [-0.39, 0.29) is 23.5 Å². The molecule has 2 aliphatic rings. The van der Waals surface area contributed by atoms with E-state index in [2.05, 4.69) is 22.8 Å². The van der Waals surface area contributed by atoms with Crippen LogP contribution in [0.5, 0.6) is 11.5 Å². The molecule has 32 heavy (non-hydrogen) atoms. The average Bonchev–Trinajstić information content (AvgIpc) is 2.79. The molecule has 0 bridgehead atoms. The predicted molar refractivity (Wildman–Crippen MR) is 114 cm³/mol. The van der Waals surface area contributed by atoms with Crippen molar-refractivity contribution in [3.05, 3.63) is 53.6 Å². The van der Waals surface area contributed by atoms with Gasteiger partial charge in [-0.15, -0.1) is 0 Å². The highest BCUT2D eigenvalue weighted by atomic mass is 19.4. The van der Waals surface area contributed by atoms with Gasteiger partial charge >= 0.3 is 6.18 Å². The van der Waals surface area contributed by atoms with Gasteiger partial charge in [0.05, 0.1) is 18.4 Å². The average molecular weight is 449 g/mol. The Balaban J connectivity index is 1.60. The molecule has 2 N–H and O–H groups in total. The van der Waals surface area contributed by atoms with Crippen molar-refractivity contribution in [3.63, 3.8) is 0 Å². The first-order chi connectivity index (χ1) is 15.4. The molecular weight excluding hydrogens is 423 g/mol. The SMILES string of the molecule is COc1ccc2c(c1CN[C@H]1CCCN[C@H]1c1ccccc1)OCC(=O)N2CC(F)(F)F. The van der Waals surface area contributed by atoms with Crippen LogP contribution in [0.2, 0.25) is 0 Å². The van der Waals surface area contributed by atoms with Crippen LogP contribution in [-0.4, -0.2) is 44.9 Å². The van der Waals surface area contributed by atoms with Crippen molar-refractivity contribution in [3.8, 4) is 11.5 Å². The van der Waals surface area contributed by atoms with Crippen LogP contribution in [0, 0.1) is 0 Å². The summed E-state index contributed by atoms with van der Waals surface area (Å²) in [5.74, 6) is 0.0258. The number of nitrogens with zero attached hydrogens (tertiary/aromatic N) is 1. The second-order valence-electron chi connectivity index (χ2n) is 7.95. The van der Waals surface area contributed by atoms with Gasteiger partial charge in [0.25, 0.3) is 5.91 Å². The molecule has 0 unspecified atom stereocenters. The number of amides is 1. The summed E-state index contributed by atoms with van der Waals surface area (Å²) < 4.78 is 50.3. The fourth-order valence-electron chi connectivity index (χ4n) is 4.38. The van der Waals surface area contributed by atoms with Crippen molar-refractivity contribution in [1.29, 1.82) is 0 Å². The number of carbonyl (C=O) groups excluding carboxylic acids is 1. The number of ether oxygens (including phenoxy) is 2. The van der Waals surface area contributed by atoms with E-state index < -0.39 is 25.2 Å². The van der Waals surface area contributed by atoms with Crippen LogP contribution in [0.15, 0.2) is 42.5 Å². The van der Waals surface area contributed by atoms with Gasteiger partial charge < -0.3 is 20.1 Å². The number of hydrogen-bond acceptors (Lipinski definition) is 5. The van der Waals surface area contributed by atoms with Gasteiger partial charge in [-0.05, 0) is 37.1 Å². The summed E-state index contributed by atoms with van der Waals surface area (Å²) in [5.41, 5.74) is 1.88. The summed E-state index contributed by atoms with van der Waals surface area (Å²) in [6, 6.07) is 13.4. The normalized spacial score (nSPS) is 21.1. The van der Waals surface area contributed by atoms with Crippen LogP contribution in [0.3, 0.4) is 0 Å². The van der Waals surface area contributed by atoms with Crippen molar-refractivity contribution in [2.24, 2.45) is 0 Å². The highest BCUT2D eigenvalue weighted by molar-refractivity contribution is 5.98. The summed E-state index contributed by atoms with van der Waals surface area (Å²) >= 11 is 0. The number of piperidine rings is 1. The molecule has 2 heterocycles. The molecule has 0 spiro atoms. The van der Waals surface area contributed by atoms with Crippen molar-refractivity contribution in [2.75, 3.05) is 31.7 Å². The molecule has 2 atom stereocenters. The third kappa shape index (κ3) is 4.83. The number of hydrogen-bond donors (Lipinski definition) is 2. The zero-order valence-electron chi connectivity index (χ0n) is 17.7. The molecule has 0 aromatic heterocycles. The first-order valence-corrected chi connectivity index (χ1v) is 10.6. The minimum Gasteiger partial charge on any atom is -0.496 e. The van der Waals surface area contributed by atoms with Crippen molar-refractivity contribution in [1.82, 2.24) is 10.6 Å². The second kappa shape index (κ2) is 9.38. The first kappa shape index (κ1) is 22.4. The fraction of sp³-hybridized carbons (Fsp3) is 0.435. The molecule has 172 valence electrons. The Kier molecular flexibility index (Phi) is 6.57. The second-order valence-corrected chi connectivity index (χ2v) is 7.95. The van der Waals surface area contributed by atoms with E-state index in [0.717, 1.165) is 24.3 Å². The van der Waals surface area contributed by atoms with Crippen LogP contribution in [0.25, 0.3) is 0 Å². The van der Waals surface area contributed by atoms with Crippen molar-refractivity contribution < 1.29 is 27.4 Å². The molecular formula is C23H26F3N3O3. The summed E-state index contributed by atoms with van der Waals surface area (Å²) in [4.78, 5) is 12.9. The minimum atomic E-state index is -4.51. The Hall–Kier alpha value is -2.78. The van der Waals surface area contributed by atoms with Gasteiger partial charge in [-0.25, -0.2) is 0 Å². The number of carbonyl (C=O) groups is 1. The van der Waals surface area contributed by atoms with Gasteiger partial charge in [0, 0.05) is 18.6 Å².